The first-order valence-electron chi connectivity index (χ1n) is 47.5. The van der Waals surface area contributed by atoms with Gasteiger partial charge in [-0.3, -0.25) is 27.6 Å². The van der Waals surface area contributed by atoms with Crippen molar-refractivity contribution in [2.45, 2.75) is 243 Å². The van der Waals surface area contributed by atoms with Crippen molar-refractivity contribution in [2.75, 3.05) is 25.5 Å². The molecule has 16 rings (SSSR count). The number of carbonyl (C=O) groups is 4. The molecule has 0 saturated heterocycles. The second-order valence-electron chi connectivity index (χ2n) is 30.8. The number of unbranched alkanes of at least 4 members (excludes halogenated alkanes) is 3. The zero-order valence-electron chi connectivity index (χ0n) is 82.6. The summed E-state index contributed by atoms with van der Waals surface area (Å²) in [5.41, 5.74) is 31.4. The zero-order chi connectivity index (χ0) is 96.5. The summed E-state index contributed by atoms with van der Waals surface area (Å²) < 4.78 is 28.1. The van der Waals surface area contributed by atoms with Crippen LogP contribution >= 0.6 is 9.39 Å². The number of aryl methyl sites for hydroxylation is 8. The number of hydrogen-bond donors (Lipinski definition) is 2. The van der Waals surface area contributed by atoms with Crippen LogP contribution in [0.25, 0.3) is 73.7 Å². The van der Waals surface area contributed by atoms with E-state index in [1.807, 2.05) is 190 Å². The van der Waals surface area contributed by atoms with Crippen molar-refractivity contribution in [3.05, 3.63) is 314 Å². The van der Waals surface area contributed by atoms with Gasteiger partial charge in [0.25, 0.3) is 5.91 Å². The molecule has 1 unspecified atom stereocenters. The van der Waals surface area contributed by atoms with Crippen LogP contribution in [0.2, 0.25) is 13.3 Å². The van der Waals surface area contributed by atoms with E-state index in [0.717, 1.165) is 122 Å². The van der Waals surface area contributed by atoms with E-state index in [1.54, 1.807) is 17.0 Å². The van der Waals surface area contributed by atoms with Crippen molar-refractivity contribution in [1.29, 1.82) is 0 Å². The molecule has 1 amide bonds. The quantitative estimate of drug-likeness (QED) is 0.0280. The number of ketones is 2. The average molecular weight is 1900 g/mol. The summed E-state index contributed by atoms with van der Waals surface area (Å²) in [7, 11) is 2.52. The van der Waals surface area contributed by atoms with Gasteiger partial charge in [0.05, 0.1) is 58.4 Å². The van der Waals surface area contributed by atoms with Gasteiger partial charge in [-0.2, -0.15) is 0 Å². The number of benzene rings is 5. The van der Waals surface area contributed by atoms with Crippen LogP contribution in [0.3, 0.4) is 0 Å². The molecule has 1 atom stereocenters. The van der Waals surface area contributed by atoms with Crippen LogP contribution < -0.4 is 5.73 Å². The average Bonchev–Trinajstić information content (AvgIpc) is 1.61. The van der Waals surface area contributed by atoms with Crippen LogP contribution in [0.4, 0.5) is 5.82 Å². The van der Waals surface area contributed by atoms with E-state index in [2.05, 4.69) is 223 Å². The molecule has 14 aromatic rings. The summed E-state index contributed by atoms with van der Waals surface area (Å²) in [4.78, 5) is 68.6. The molecule has 2 aliphatic rings. The second-order valence-corrected chi connectivity index (χ2v) is 44.5. The minimum absolute atomic E-state index is 0.0159. The molecule has 9 aromatic heterocycles. The Morgan fingerprint density at radius 2 is 0.863 bits per heavy atom. The SMILES string of the molecule is CC.CC.CC.CC.CC.CCC(=O)c1ccc(C)cc1.CCC[CH2][Sn](/[CH]=C\OCC)([CH2]CCC)[CH2]CCC.CCOC=Cc1c(-c2ccc(C)cc2)nc2cccc(C)n12.Cc1ccc(-c2cn3c(C)cccc3n2)cc1.Cc1ccc(-c2nc3cccc4n3c2CCCC4=O)cc1.Cc1ccc(-c2nc3cccc4n3c2CCN(P)C4=O)cc1.Nc1cccc(C(=O)O)n1. The summed E-state index contributed by atoms with van der Waals surface area (Å²) in [5, 5.41) is 8.39. The number of Topliss-reactive ketones (excluding diaryl/α,β-unsaturated/α-hetero) is 2. The normalized spacial score (nSPS) is 11.5. The summed E-state index contributed by atoms with van der Waals surface area (Å²) >= 11 is -2.02. The van der Waals surface area contributed by atoms with Gasteiger partial charge in [0.15, 0.2) is 17.3 Å². The number of carbonyl (C=O) groups excluding carboxylic acids is 3. The molecular formula is C111H148N11O7PSn. The molecule has 698 valence electrons. The third-order valence-corrected chi connectivity index (χ3v) is 35.9. The first kappa shape index (κ1) is 110. The Bertz CT molecular complexity index is 5810. The van der Waals surface area contributed by atoms with Crippen molar-refractivity contribution in [1.82, 2.24) is 47.2 Å². The largest absolute Gasteiger partial charge is 0.501 e. The smallest absolute Gasteiger partial charge is 0.354 e. The molecule has 2 aliphatic heterocycles. The van der Waals surface area contributed by atoms with Crippen LogP contribution in [-0.2, 0) is 22.3 Å². The zero-order valence-corrected chi connectivity index (χ0v) is 86.6. The number of aromatic nitrogens is 9. The Morgan fingerprint density at radius 3 is 1.32 bits per heavy atom. The minimum Gasteiger partial charge on any atom is -0.501 e. The minimum atomic E-state index is -2.02. The standard InChI is InChI=1S/C19H20N2O.C18H16N2O.C17H16N3OP.C15H14N2.C10H12O.C6H6N2O2.C4H7O.3C4H9.5C2H6.Sn/c1-4-22-13-12-17-19(16-10-8-14(2)9-11-16)20-18-7-5-6-15(3)21(17)18;1-12-8-10-13(11-9-12)18-15-5-2-6-16(21)14-4-3-7-17(19-18)20(14)15;1-11-5-7-12(8-6-11)16-13-9-10-19(22)17(21)14-3-2-4-15(18-16)20(13)14;1-11-6-8-13(9-7-11)14-10-17-12(2)4-3-5-15(17)16-14;1-3-10(11)9-6-4-8(2)5-7-9;7-5-3-1-2-4(8-5)6(9)10;1-3-5-4-2;3*1-3-4-2;5*1-2;/h5-13H,4H2,1-3H3;3-4,7-11H,2,5-6H2,1H3;2-8H,9-10,22H2,1H3;3-10H,1-2H3;4-7H,3H2,1-2H3;1-3H,(H2,7,8)(H,9,10);1,3H,4H2,2H3;3*1,3-4H2,2H3;5*1-2H3;. The molecule has 0 spiro atoms. The van der Waals surface area contributed by atoms with Gasteiger partial charge < -0.3 is 24.6 Å². The fourth-order valence-electron chi connectivity index (χ4n) is 14.7. The van der Waals surface area contributed by atoms with Gasteiger partial charge in [0.1, 0.15) is 34.1 Å². The number of nitrogens with two attached hydrogens (primary N) is 1. The third kappa shape index (κ3) is 32.1. The maximum atomic E-state index is 12.5. The van der Waals surface area contributed by atoms with Crippen molar-refractivity contribution >= 4 is 85.7 Å². The van der Waals surface area contributed by atoms with E-state index in [9.17, 15) is 19.2 Å². The second kappa shape index (κ2) is 58.9. The number of aromatic carboxylic acids is 1. The number of rotatable bonds is 22. The van der Waals surface area contributed by atoms with Gasteiger partial charge in [-0.25, -0.2) is 29.7 Å². The number of carboxylic acids is 1. The summed E-state index contributed by atoms with van der Waals surface area (Å²) in [5.74, 6) is -0.397. The first-order valence-corrected chi connectivity index (χ1v) is 55.7. The van der Waals surface area contributed by atoms with Crippen molar-refractivity contribution in [3.63, 3.8) is 0 Å². The molecule has 0 bridgehead atoms. The molecule has 0 radical (unpaired) electrons. The van der Waals surface area contributed by atoms with Crippen LogP contribution in [0.5, 0.6) is 0 Å². The molecule has 0 aliphatic carbocycles. The molecule has 3 N–H and O–H groups in total. The van der Waals surface area contributed by atoms with Crippen molar-refractivity contribution in [2.24, 2.45) is 0 Å². The Hall–Kier alpha value is -11.6. The van der Waals surface area contributed by atoms with Crippen LogP contribution in [0, 0.1) is 48.5 Å². The molecular weight excluding hydrogens is 1750 g/mol. The van der Waals surface area contributed by atoms with Crippen LogP contribution in [-0.4, -0.2) is 114 Å². The molecule has 0 fully saturated rings. The first-order chi connectivity index (χ1) is 63.5. The fraction of sp³-hybridized carbons (Fsp3) is 0.360. The van der Waals surface area contributed by atoms with E-state index < -0.39 is 24.3 Å². The molecule has 18 nitrogen and oxygen atoms in total. The Labute approximate surface area is 788 Å². The summed E-state index contributed by atoms with van der Waals surface area (Å²) in [6.45, 7) is 49.6. The van der Waals surface area contributed by atoms with Gasteiger partial charge in [0.2, 0.25) is 0 Å². The topological polar surface area (TPSA) is 218 Å². The van der Waals surface area contributed by atoms with Crippen molar-refractivity contribution in [3.8, 4) is 45.0 Å². The fourth-order valence-corrected chi connectivity index (χ4v) is 28.6. The number of nitrogens with zero attached hydrogens (tertiary/aromatic N) is 10. The van der Waals surface area contributed by atoms with E-state index in [1.165, 1.54) is 103 Å². The van der Waals surface area contributed by atoms with E-state index in [4.69, 9.17) is 35.3 Å². The van der Waals surface area contributed by atoms with Gasteiger partial charge in [-0.05, 0) is 144 Å². The van der Waals surface area contributed by atoms with Crippen LogP contribution in [0.1, 0.15) is 267 Å². The number of ether oxygens (including phenoxy) is 2. The number of hydrogen-bond acceptors (Lipinski definition) is 12. The molecule has 11 heterocycles. The number of amides is 1. The Morgan fingerprint density at radius 1 is 0.450 bits per heavy atom. The van der Waals surface area contributed by atoms with E-state index >= 15 is 0 Å². The number of carboxylic acid groups (broad SMARTS) is 1. The molecule has 0 saturated carbocycles. The predicted molar refractivity (Wildman–Crippen MR) is 557 cm³/mol. The number of fused-ring (bicyclic) bond motifs is 2. The number of anilines is 1. The van der Waals surface area contributed by atoms with Gasteiger partial charge in [-0.15, -0.1) is 0 Å². The number of pyridine rings is 5. The maximum absolute atomic E-state index is 12.5. The molecule has 131 heavy (non-hydrogen) atoms. The maximum Gasteiger partial charge on any atom is 0.354 e. The molecule has 20 heteroatoms. The van der Waals surface area contributed by atoms with Gasteiger partial charge >= 0.3 is 126 Å². The van der Waals surface area contributed by atoms with Gasteiger partial charge in [0, 0.05) is 71.2 Å². The Kier molecular flexibility index (Phi) is 49.5. The predicted octanol–water partition coefficient (Wildman–Crippen LogP) is 29.2. The van der Waals surface area contributed by atoms with Crippen molar-refractivity contribution < 1.29 is 33.8 Å². The third-order valence-electron chi connectivity index (χ3n) is 21.5. The summed E-state index contributed by atoms with van der Waals surface area (Å²) in [6, 6.07) is 69.7. The summed E-state index contributed by atoms with van der Waals surface area (Å²) in [6.07, 6.45) is 20.0. The monoisotopic (exact) mass is 1900 g/mol. The van der Waals surface area contributed by atoms with E-state index in [0.29, 0.717) is 31.7 Å². The molecule has 5 aromatic carbocycles. The van der Waals surface area contributed by atoms with Gasteiger partial charge in [-0.1, -0.05) is 256 Å². The number of nitrogen functional groups attached to an aromatic ring is 1. The Balaban J connectivity index is 0.000000270. The van der Waals surface area contributed by atoms with E-state index in [-0.39, 0.29) is 29.0 Å². The number of imidazole rings is 4. The van der Waals surface area contributed by atoms with Crippen LogP contribution in [0.15, 0.2) is 235 Å².